The lowest BCUT2D eigenvalue weighted by molar-refractivity contribution is -0.384. The van der Waals surface area contributed by atoms with Crippen molar-refractivity contribution in [3.8, 4) is 0 Å². The minimum absolute atomic E-state index is 0.0346. The van der Waals surface area contributed by atoms with Gasteiger partial charge in [0.15, 0.2) is 11.5 Å². The van der Waals surface area contributed by atoms with E-state index in [1.54, 1.807) is 0 Å². The van der Waals surface area contributed by atoms with Gasteiger partial charge in [-0.25, -0.2) is 0 Å². The fourth-order valence-corrected chi connectivity index (χ4v) is 2.14. The molecule has 1 N–H and O–H groups in total. The SMILES string of the molecule is CC1(C)CC(=O)C(N=Nc2ccc([N+](=O)[O-])cc2)=C(O)C1. The molecule has 7 heteroatoms. The summed E-state index contributed by atoms with van der Waals surface area (Å²) in [6, 6.07) is 5.45. The molecule has 0 unspecified atom stereocenters. The summed E-state index contributed by atoms with van der Waals surface area (Å²) in [5.74, 6) is -0.323. The van der Waals surface area contributed by atoms with E-state index in [0.29, 0.717) is 18.5 Å². The first kappa shape index (κ1) is 14.8. The Hall–Kier alpha value is -2.57. The second kappa shape index (κ2) is 5.43. The zero-order valence-electron chi connectivity index (χ0n) is 11.7. The third-order valence-electron chi connectivity index (χ3n) is 3.15. The fourth-order valence-electron chi connectivity index (χ4n) is 2.14. The van der Waals surface area contributed by atoms with Gasteiger partial charge in [-0.05, 0) is 17.5 Å². The van der Waals surface area contributed by atoms with Gasteiger partial charge in [-0.15, -0.1) is 5.11 Å². The molecule has 7 nitrogen and oxygen atoms in total. The number of nitro groups is 1. The second-order valence-corrected chi connectivity index (χ2v) is 5.71. The lowest BCUT2D eigenvalue weighted by Gasteiger charge is -2.27. The number of benzene rings is 1. The van der Waals surface area contributed by atoms with Gasteiger partial charge in [-0.3, -0.25) is 14.9 Å². The van der Waals surface area contributed by atoms with Gasteiger partial charge in [0.05, 0.1) is 10.6 Å². The first-order valence-corrected chi connectivity index (χ1v) is 6.40. The van der Waals surface area contributed by atoms with Crippen molar-refractivity contribution in [3.05, 3.63) is 45.8 Å². The van der Waals surface area contributed by atoms with Crippen LogP contribution in [0.25, 0.3) is 0 Å². The van der Waals surface area contributed by atoms with Gasteiger partial charge in [0.25, 0.3) is 5.69 Å². The van der Waals surface area contributed by atoms with Gasteiger partial charge >= 0.3 is 0 Å². The maximum absolute atomic E-state index is 11.9. The average Bonchev–Trinajstić information content (AvgIpc) is 2.36. The lowest BCUT2D eigenvalue weighted by atomic mass is 9.78. The molecule has 1 aliphatic rings. The van der Waals surface area contributed by atoms with Gasteiger partial charge in [0, 0.05) is 25.0 Å². The highest BCUT2D eigenvalue weighted by molar-refractivity contribution is 5.96. The number of non-ortho nitro benzene ring substituents is 1. The van der Waals surface area contributed by atoms with Gasteiger partial charge in [0.1, 0.15) is 5.76 Å². The number of aliphatic hydroxyl groups excluding tert-OH is 1. The van der Waals surface area contributed by atoms with Crippen LogP contribution in [-0.4, -0.2) is 15.8 Å². The van der Waals surface area contributed by atoms with Crippen LogP contribution < -0.4 is 0 Å². The molecule has 0 aromatic heterocycles. The predicted octanol–water partition coefficient (Wildman–Crippen LogP) is 3.84. The van der Waals surface area contributed by atoms with E-state index in [1.165, 1.54) is 24.3 Å². The average molecular weight is 289 g/mol. The summed E-state index contributed by atoms with van der Waals surface area (Å²) in [5.41, 5.74) is 0.00537. The molecular weight excluding hydrogens is 274 g/mol. The standard InChI is InChI=1S/C14H15N3O4/c1-14(2)7-11(18)13(12(19)8-14)16-15-9-3-5-10(6-4-9)17(20)21/h3-6,18H,7-8H2,1-2H3. The van der Waals surface area contributed by atoms with Crippen molar-refractivity contribution < 1.29 is 14.8 Å². The van der Waals surface area contributed by atoms with E-state index in [1.807, 2.05) is 13.8 Å². The Balaban J connectivity index is 2.21. The zero-order chi connectivity index (χ0) is 15.6. The van der Waals surface area contributed by atoms with Crippen molar-refractivity contribution in [2.24, 2.45) is 15.6 Å². The van der Waals surface area contributed by atoms with Crippen LogP contribution in [0.4, 0.5) is 11.4 Å². The number of aliphatic hydroxyl groups is 1. The maximum Gasteiger partial charge on any atom is 0.269 e. The molecule has 0 saturated carbocycles. The maximum atomic E-state index is 11.9. The number of azo groups is 1. The Morgan fingerprint density at radius 2 is 1.81 bits per heavy atom. The Kier molecular flexibility index (Phi) is 3.84. The summed E-state index contributed by atoms with van der Waals surface area (Å²) in [7, 11) is 0. The Morgan fingerprint density at radius 3 is 2.33 bits per heavy atom. The quantitative estimate of drug-likeness (QED) is 0.518. The van der Waals surface area contributed by atoms with Crippen molar-refractivity contribution >= 4 is 17.2 Å². The van der Waals surface area contributed by atoms with Crippen LogP contribution in [0.5, 0.6) is 0 Å². The van der Waals surface area contributed by atoms with Crippen molar-refractivity contribution in [1.82, 2.24) is 0 Å². The molecule has 21 heavy (non-hydrogen) atoms. The van der Waals surface area contributed by atoms with Gasteiger partial charge in [0.2, 0.25) is 0 Å². The molecule has 1 aromatic rings. The first-order valence-electron chi connectivity index (χ1n) is 6.40. The molecule has 1 aromatic carbocycles. The topological polar surface area (TPSA) is 105 Å². The van der Waals surface area contributed by atoms with E-state index in [9.17, 15) is 20.0 Å². The molecule has 0 fully saturated rings. The number of hydrogen-bond donors (Lipinski definition) is 1. The van der Waals surface area contributed by atoms with E-state index < -0.39 is 4.92 Å². The summed E-state index contributed by atoms with van der Waals surface area (Å²) in [6.45, 7) is 3.79. The van der Waals surface area contributed by atoms with Crippen LogP contribution in [0.3, 0.4) is 0 Å². The smallest absolute Gasteiger partial charge is 0.269 e. The number of allylic oxidation sites excluding steroid dienone is 2. The summed E-state index contributed by atoms with van der Waals surface area (Å²) >= 11 is 0. The summed E-state index contributed by atoms with van der Waals surface area (Å²) in [4.78, 5) is 21.9. The largest absolute Gasteiger partial charge is 0.510 e. The summed E-state index contributed by atoms with van der Waals surface area (Å²) < 4.78 is 0. The molecule has 0 spiro atoms. The van der Waals surface area contributed by atoms with E-state index >= 15 is 0 Å². The first-order chi connectivity index (χ1) is 9.78. The minimum atomic E-state index is -0.512. The van der Waals surface area contributed by atoms with E-state index in [4.69, 9.17) is 0 Å². The molecule has 0 radical (unpaired) electrons. The van der Waals surface area contributed by atoms with Gasteiger partial charge in [-0.1, -0.05) is 13.8 Å². The van der Waals surface area contributed by atoms with Crippen molar-refractivity contribution in [1.29, 1.82) is 0 Å². The Morgan fingerprint density at radius 1 is 1.19 bits per heavy atom. The van der Waals surface area contributed by atoms with E-state index in [2.05, 4.69) is 10.2 Å². The molecule has 110 valence electrons. The van der Waals surface area contributed by atoms with Crippen LogP contribution in [0.15, 0.2) is 46.0 Å². The highest BCUT2D eigenvalue weighted by Crippen LogP contribution is 2.36. The zero-order valence-corrected chi connectivity index (χ0v) is 11.7. The number of nitrogens with zero attached hydrogens (tertiary/aromatic N) is 3. The number of Topliss-reactive ketones (excluding diaryl/α,β-unsaturated/α-hetero) is 1. The van der Waals surface area contributed by atoms with E-state index in [0.717, 1.165) is 0 Å². The number of carbonyl (C=O) groups excluding carboxylic acids is 1. The number of rotatable bonds is 3. The molecule has 0 aliphatic heterocycles. The van der Waals surface area contributed by atoms with Crippen LogP contribution in [0, 0.1) is 15.5 Å². The normalized spacial score (nSPS) is 18.3. The molecule has 0 saturated heterocycles. The third-order valence-corrected chi connectivity index (χ3v) is 3.15. The molecule has 1 aliphatic carbocycles. The number of carbonyl (C=O) groups is 1. The number of ketones is 1. The molecular formula is C14H15N3O4. The van der Waals surface area contributed by atoms with Crippen molar-refractivity contribution in [3.63, 3.8) is 0 Å². The van der Waals surface area contributed by atoms with Crippen molar-refractivity contribution in [2.75, 3.05) is 0 Å². The fraction of sp³-hybridized carbons (Fsp3) is 0.357. The molecule has 0 atom stereocenters. The third kappa shape index (κ3) is 3.50. The van der Waals surface area contributed by atoms with Crippen molar-refractivity contribution in [2.45, 2.75) is 26.7 Å². The highest BCUT2D eigenvalue weighted by atomic mass is 16.6. The lowest BCUT2D eigenvalue weighted by Crippen LogP contribution is -2.25. The molecule has 0 amide bonds. The molecule has 0 bridgehead atoms. The highest BCUT2D eigenvalue weighted by Gasteiger charge is 2.33. The second-order valence-electron chi connectivity index (χ2n) is 5.71. The predicted molar refractivity (Wildman–Crippen MR) is 75.3 cm³/mol. The van der Waals surface area contributed by atoms with Crippen LogP contribution >= 0.6 is 0 Å². The van der Waals surface area contributed by atoms with E-state index in [-0.39, 0.29) is 28.3 Å². The molecule has 0 heterocycles. The van der Waals surface area contributed by atoms with Gasteiger partial charge in [-0.2, -0.15) is 5.11 Å². The Labute approximate surface area is 121 Å². The van der Waals surface area contributed by atoms with Crippen LogP contribution in [0.1, 0.15) is 26.7 Å². The van der Waals surface area contributed by atoms with Crippen LogP contribution in [-0.2, 0) is 4.79 Å². The number of hydrogen-bond acceptors (Lipinski definition) is 6. The summed E-state index contributed by atoms with van der Waals surface area (Å²) in [6.07, 6.45) is 0.666. The minimum Gasteiger partial charge on any atom is -0.510 e. The molecule has 2 rings (SSSR count). The van der Waals surface area contributed by atoms with Crippen LogP contribution in [0.2, 0.25) is 0 Å². The Bertz CT molecular complexity index is 645. The summed E-state index contributed by atoms with van der Waals surface area (Å²) in [5, 5.41) is 28.0. The van der Waals surface area contributed by atoms with Gasteiger partial charge < -0.3 is 5.11 Å². The number of nitro benzene ring substituents is 1. The monoisotopic (exact) mass is 289 g/mol.